The van der Waals surface area contributed by atoms with Crippen LogP contribution in [0.5, 0.6) is 11.5 Å². The molecule has 5 heteroatoms. The van der Waals surface area contributed by atoms with E-state index in [1.54, 1.807) is 12.1 Å². The number of para-hydroxylation sites is 1. The van der Waals surface area contributed by atoms with Crippen molar-refractivity contribution in [3.63, 3.8) is 0 Å². The van der Waals surface area contributed by atoms with Crippen LogP contribution in [0.1, 0.15) is 10.4 Å². The van der Waals surface area contributed by atoms with Gasteiger partial charge in [-0.15, -0.1) is 0 Å². The van der Waals surface area contributed by atoms with Gasteiger partial charge in [0.1, 0.15) is 5.75 Å². The molecule has 0 bridgehead atoms. The van der Waals surface area contributed by atoms with E-state index in [0.717, 1.165) is 24.0 Å². The molecule has 1 N–H and O–H groups in total. The van der Waals surface area contributed by atoms with E-state index in [9.17, 15) is 4.79 Å². The summed E-state index contributed by atoms with van der Waals surface area (Å²) < 4.78 is 7.68. The second kappa shape index (κ2) is 7.52. The molecule has 0 aromatic heterocycles. The monoisotopic (exact) mass is 542 g/mol. The first-order valence-corrected chi connectivity index (χ1v) is 9.26. The Hall–Kier alpha value is -1.61. The number of benzene rings is 3. The molecule has 3 aromatic carbocycles. The van der Waals surface area contributed by atoms with Gasteiger partial charge in [-0.2, -0.15) is 0 Å². The minimum Gasteiger partial charge on any atom is -0.478 e. The highest BCUT2D eigenvalue weighted by molar-refractivity contribution is 14.1. The zero-order valence-electron chi connectivity index (χ0n) is 12.4. The van der Waals surface area contributed by atoms with Crippen molar-refractivity contribution in [2.75, 3.05) is 0 Å². The van der Waals surface area contributed by atoms with Gasteiger partial charge in [-0.25, -0.2) is 4.79 Å². The molecule has 3 aromatic rings. The van der Waals surface area contributed by atoms with E-state index in [0.29, 0.717) is 5.75 Å². The first-order chi connectivity index (χ1) is 11.6. The average molecular weight is 542 g/mol. The number of aromatic carboxylic acids is 1. The molecule has 0 atom stereocenters. The molecule has 0 saturated heterocycles. The maximum absolute atomic E-state index is 11.2. The van der Waals surface area contributed by atoms with Crippen LogP contribution < -0.4 is 4.74 Å². The second-order valence-electron chi connectivity index (χ2n) is 5.04. The lowest BCUT2D eigenvalue weighted by Crippen LogP contribution is -2.00. The van der Waals surface area contributed by atoms with E-state index >= 15 is 0 Å². The van der Waals surface area contributed by atoms with E-state index in [-0.39, 0.29) is 5.56 Å². The summed E-state index contributed by atoms with van der Waals surface area (Å²) in [4.78, 5) is 11.2. The van der Waals surface area contributed by atoms with Gasteiger partial charge in [-0.1, -0.05) is 48.5 Å². The number of ether oxygens (including phenoxy) is 1. The van der Waals surface area contributed by atoms with Gasteiger partial charge in [-0.3, -0.25) is 0 Å². The summed E-state index contributed by atoms with van der Waals surface area (Å²) in [6.07, 6.45) is 0. The summed E-state index contributed by atoms with van der Waals surface area (Å²) in [5.41, 5.74) is 2.32. The molecule has 0 aliphatic rings. The summed E-state index contributed by atoms with van der Waals surface area (Å²) in [6.45, 7) is 0. The molecule has 3 rings (SSSR count). The summed E-state index contributed by atoms with van der Waals surface area (Å²) >= 11 is 4.21. The molecular weight excluding hydrogens is 530 g/mol. The van der Waals surface area contributed by atoms with Crippen molar-refractivity contribution < 1.29 is 14.6 Å². The van der Waals surface area contributed by atoms with E-state index in [1.807, 2.05) is 54.6 Å². The van der Waals surface area contributed by atoms with Crippen LogP contribution in [0, 0.1) is 7.14 Å². The van der Waals surface area contributed by atoms with Crippen molar-refractivity contribution in [2.24, 2.45) is 0 Å². The van der Waals surface area contributed by atoms with Crippen molar-refractivity contribution in [3.05, 3.63) is 79.4 Å². The van der Waals surface area contributed by atoms with Gasteiger partial charge in [0.15, 0.2) is 5.75 Å². The van der Waals surface area contributed by atoms with Crippen molar-refractivity contribution >= 4 is 51.2 Å². The third kappa shape index (κ3) is 3.72. The van der Waals surface area contributed by atoms with Gasteiger partial charge < -0.3 is 9.84 Å². The molecule has 0 aliphatic heterocycles. The number of carboxylic acids is 1. The fraction of sp³-hybridized carbons (Fsp3) is 0. The Balaban J connectivity index is 2.03. The highest BCUT2D eigenvalue weighted by atomic mass is 127. The van der Waals surface area contributed by atoms with Gasteiger partial charge in [0.25, 0.3) is 0 Å². The molecule has 0 unspecified atom stereocenters. The smallest absolute Gasteiger partial charge is 0.335 e. The molecular formula is C19H12I2O3. The maximum Gasteiger partial charge on any atom is 0.335 e. The minimum absolute atomic E-state index is 0.257. The Kier molecular flexibility index (Phi) is 5.40. The van der Waals surface area contributed by atoms with Crippen molar-refractivity contribution in [3.8, 4) is 22.6 Å². The number of hydrogen-bond acceptors (Lipinski definition) is 2. The number of hydrogen-bond donors (Lipinski definition) is 1. The molecule has 3 nitrogen and oxygen atoms in total. The first-order valence-electron chi connectivity index (χ1n) is 7.11. The zero-order valence-corrected chi connectivity index (χ0v) is 16.7. The Bertz CT molecular complexity index is 869. The Morgan fingerprint density at radius 3 is 2.08 bits per heavy atom. The van der Waals surface area contributed by atoms with Crippen LogP contribution in [0.15, 0.2) is 66.7 Å². The molecule has 0 heterocycles. The van der Waals surface area contributed by atoms with E-state index in [4.69, 9.17) is 9.84 Å². The highest BCUT2D eigenvalue weighted by Crippen LogP contribution is 2.37. The lowest BCUT2D eigenvalue weighted by atomic mass is 10.0. The Morgan fingerprint density at radius 2 is 1.46 bits per heavy atom. The lowest BCUT2D eigenvalue weighted by molar-refractivity contribution is 0.0696. The fourth-order valence-corrected chi connectivity index (χ4v) is 4.29. The van der Waals surface area contributed by atoms with Crippen LogP contribution in [0.2, 0.25) is 0 Å². The average Bonchev–Trinajstić information content (AvgIpc) is 2.59. The van der Waals surface area contributed by atoms with Crippen LogP contribution in [-0.2, 0) is 0 Å². The summed E-state index contributed by atoms with van der Waals surface area (Å²) in [6, 6.07) is 21.1. The zero-order chi connectivity index (χ0) is 17.1. The summed E-state index contributed by atoms with van der Waals surface area (Å²) in [7, 11) is 0. The largest absolute Gasteiger partial charge is 0.478 e. The molecule has 0 radical (unpaired) electrons. The number of carbonyl (C=O) groups is 1. The molecule has 120 valence electrons. The fourth-order valence-electron chi connectivity index (χ4n) is 2.30. The summed E-state index contributed by atoms with van der Waals surface area (Å²) in [5, 5.41) is 9.16. The van der Waals surface area contributed by atoms with Crippen LogP contribution in [-0.4, -0.2) is 11.1 Å². The van der Waals surface area contributed by atoms with Crippen LogP contribution in [0.25, 0.3) is 11.1 Å². The molecule has 0 spiro atoms. The van der Waals surface area contributed by atoms with Gasteiger partial charge in [0.2, 0.25) is 0 Å². The van der Waals surface area contributed by atoms with Gasteiger partial charge in [-0.05, 0) is 68.9 Å². The normalized spacial score (nSPS) is 10.4. The third-order valence-corrected chi connectivity index (χ3v) is 5.03. The number of rotatable bonds is 4. The molecule has 0 aliphatic carbocycles. The summed E-state index contributed by atoms with van der Waals surface area (Å²) in [5.74, 6) is 0.467. The van der Waals surface area contributed by atoms with E-state index < -0.39 is 5.97 Å². The topological polar surface area (TPSA) is 46.5 Å². The third-order valence-electron chi connectivity index (χ3n) is 3.43. The van der Waals surface area contributed by atoms with E-state index in [2.05, 4.69) is 45.2 Å². The quantitative estimate of drug-likeness (QED) is 0.409. The van der Waals surface area contributed by atoms with Gasteiger partial charge in [0.05, 0.1) is 12.7 Å². The van der Waals surface area contributed by atoms with Crippen LogP contribution >= 0.6 is 45.2 Å². The van der Waals surface area contributed by atoms with Crippen molar-refractivity contribution in [1.29, 1.82) is 0 Å². The van der Waals surface area contributed by atoms with E-state index in [1.165, 1.54) is 0 Å². The number of halogens is 2. The lowest BCUT2D eigenvalue weighted by Gasteiger charge is -2.14. The van der Waals surface area contributed by atoms with Crippen LogP contribution in [0.3, 0.4) is 0 Å². The Morgan fingerprint density at radius 1 is 0.875 bits per heavy atom. The number of carboxylic acid groups (broad SMARTS) is 1. The first kappa shape index (κ1) is 17.2. The van der Waals surface area contributed by atoms with Crippen LogP contribution in [0.4, 0.5) is 0 Å². The van der Waals surface area contributed by atoms with Gasteiger partial charge >= 0.3 is 5.97 Å². The highest BCUT2D eigenvalue weighted by Gasteiger charge is 2.15. The van der Waals surface area contributed by atoms with Gasteiger partial charge in [0, 0.05) is 5.56 Å². The SMILES string of the molecule is O=C(O)c1cc(I)c(Oc2ccccc2-c2ccccc2)c(I)c1. The molecule has 24 heavy (non-hydrogen) atoms. The molecule has 0 saturated carbocycles. The standard InChI is InChI=1S/C19H12I2O3/c20-15-10-13(19(22)23)11-16(21)18(15)24-17-9-5-4-8-14(17)12-6-2-1-3-7-12/h1-11H,(H,22,23). The minimum atomic E-state index is -0.943. The second-order valence-corrected chi connectivity index (χ2v) is 7.36. The predicted molar refractivity (Wildman–Crippen MR) is 111 cm³/mol. The van der Waals surface area contributed by atoms with Crippen molar-refractivity contribution in [1.82, 2.24) is 0 Å². The predicted octanol–water partition coefficient (Wildman–Crippen LogP) is 6.05. The Labute approximate surface area is 167 Å². The maximum atomic E-state index is 11.2. The molecule has 0 fully saturated rings. The van der Waals surface area contributed by atoms with Crippen molar-refractivity contribution in [2.45, 2.75) is 0 Å². The molecule has 0 amide bonds.